The normalized spacial score (nSPS) is 20.1. The Morgan fingerprint density at radius 3 is 2.63 bits per heavy atom. The first-order valence-electron chi connectivity index (χ1n) is 9.45. The van der Waals surface area contributed by atoms with E-state index in [0.717, 1.165) is 35.8 Å². The number of hydrogen-bond donors (Lipinski definition) is 2. The number of ether oxygens (including phenoxy) is 2. The Kier molecular flexibility index (Phi) is 6.52. The topological polar surface area (TPSA) is 81.8 Å². The van der Waals surface area contributed by atoms with E-state index in [9.17, 15) is 0 Å². The molecule has 0 bridgehead atoms. The number of nitrogens with zero attached hydrogens (tertiary/aromatic N) is 2. The van der Waals surface area contributed by atoms with Gasteiger partial charge in [0, 0.05) is 18.0 Å². The first-order valence-corrected chi connectivity index (χ1v) is 9.45. The number of nitrogens with two attached hydrogens (primary N) is 1. The maximum atomic E-state index is 6.05. The van der Waals surface area contributed by atoms with E-state index in [1.165, 1.54) is 12.8 Å². The Bertz CT molecular complexity index is 753. The molecule has 6 heteroatoms. The number of pyridine rings is 1. The van der Waals surface area contributed by atoms with Crippen LogP contribution in [0.15, 0.2) is 47.6 Å². The van der Waals surface area contributed by atoms with Gasteiger partial charge in [0.25, 0.3) is 0 Å². The van der Waals surface area contributed by atoms with Gasteiger partial charge in [-0.3, -0.25) is 0 Å². The third-order valence-electron chi connectivity index (χ3n) is 4.84. The van der Waals surface area contributed by atoms with E-state index in [4.69, 9.17) is 15.2 Å². The third-order valence-corrected chi connectivity index (χ3v) is 4.84. The molecule has 0 spiro atoms. The quantitative estimate of drug-likeness (QED) is 0.595. The number of aromatic nitrogens is 1. The summed E-state index contributed by atoms with van der Waals surface area (Å²) in [5, 5.41) is 3.07. The van der Waals surface area contributed by atoms with Crippen LogP contribution >= 0.6 is 0 Å². The summed E-state index contributed by atoms with van der Waals surface area (Å²) in [5.74, 6) is 2.64. The maximum absolute atomic E-state index is 6.05. The molecule has 6 nitrogen and oxygen atoms in total. The van der Waals surface area contributed by atoms with Crippen LogP contribution in [0.25, 0.3) is 0 Å². The molecule has 0 amide bonds. The minimum absolute atomic E-state index is 0.272. The average Bonchev–Trinajstić information content (AvgIpc) is 2.69. The van der Waals surface area contributed by atoms with Gasteiger partial charge in [0.15, 0.2) is 5.96 Å². The van der Waals surface area contributed by atoms with Crippen molar-refractivity contribution >= 4 is 11.6 Å². The molecular formula is C21H28N4O2. The van der Waals surface area contributed by atoms with E-state index in [2.05, 4.69) is 22.2 Å². The predicted octanol–water partition coefficient (Wildman–Crippen LogP) is 3.97. The molecule has 27 heavy (non-hydrogen) atoms. The number of nitrogens with one attached hydrogen (secondary N) is 1. The SMILES string of the molecule is COc1ccc(NC(N)=NCc2ccnc(OC3CCC(C)CC3)c2)cc1. The first-order chi connectivity index (χ1) is 13.1. The number of anilines is 1. The molecule has 2 aromatic rings. The first kappa shape index (κ1) is 19.0. The fourth-order valence-corrected chi connectivity index (χ4v) is 3.17. The smallest absolute Gasteiger partial charge is 0.213 e. The van der Waals surface area contributed by atoms with Crippen LogP contribution in [0.2, 0.25) is 0 Å². The summed E-state index contributed by atoms with van der Waals surface area (Å²) in [6.07, 6.45) is 6.69. The molecule has 0 atom stereocenters. The van der Waals surface area contributed by atoms with Crippen LogP contribution in [0.4, 0.5) is 5.69 Å². The van der Waals surface area contributed by atoms with Crippen molar-refractivity contribution in [3.63, 3.8) is 0 Å². The zero-order valence-corrected chi connectivity index (χ0v) is 16.0. The summed E-state index contributed by atoms with van der Waals surface area (Å²) in [6.45, 7) is 2.77. The van der Waals surface area contributed by atoms with E-state index in [1.54, 1.807) is 13.3 Å². The Balaban J connectivity index is 1.54. The van der Waals surface area contributed by atoms with Crippen molar-refractivity contribution in [2.24, 2.45) is 16.6 Å². The van der Waals surface area contributed by atoms with Gasteiger partial charge in [0.1, 0.15) is 11.9 Å². The molecule has 1 aliphatic carbocycles. The van der Waals surface area contributed by atoms with Crippen LogP contribution in [0.3, 0.4) is 0 Å². The lowest BCUT2D eigenvalue weighted by Crippen LogP contribution is -2.23. The molecular weight excluding hydrogens is 340 g/mol. The Hall–Kier alpha value is -2.76. The molecule has 0 aliphatic heterocycles. The van der Waals surface area contributed by atoms with Crippen LogP contribution in [-0.4, -0.2) is 24.2 Å². The zero-order chi connectivity index (χ0) is 19.1. The van der Waals surface area contributed by atoms with Gasteiger partial charge in [-0.15, -0.1) is 0 Å². The molecule has 3 N–H and O–H groups in total. The van der Waals surface area contributed by atoms with Crippen molar-refractivity contribution in [3.05, 3.63) is 48.2 Å². The number of methoxy groups -OCH3 is 1. The molecule has 0 unspecified atom stereocenters. The average molecular weight is 368 g/mol. The highest BCUT2D eigenvalue weighted by Gasteiger charge is 2.19. The van der Waals surface area contributed by atoms with Gasteiger partial charge in [-0.25, -0.2) is 9.98 Å². The van der Waals surface area contributed by atoms with Gasteiger partial charge in [-0.2, -0.15) is 0 Å². The van der Waals surface area contributed by atoms with E-state index >= 15 is 0 Å². The fraction of sp³-hybridized carbons (Fsp3) is 0.429. The minimum Gasteiger partial charge on any atom is -0.497 e. The minimum atomic E-state index is 0.272. The molecule has 1 aliphatic rings. The van der Waals surface area contributed by atoms with Crippen molar-refractivity contribution < 1.29 is 9.47 Å². The summed E-state index contributed by atoms with van der Waals surface area (Å²) >= 11 is 0. The van der Waals surface area contributed by atoms with Crippen molar-refractivity contribution in [3.8, 4) is 11.6 Å². The number of benzene rings is 1. The van der Waals surface area contributed by atoms with Crippen molar-refractivity contribution in [2.75, 3.05) is 12.4 Å². The third kappa shape index (κ3) is 5.88. The second-order valence-corrected chi connectivity index (χ2v) is 7.06. The second-order valence-electron chi connectivity index (χ2n) is 7.06. The van der Waals surface area contributed by atoms with Gasteiger partial charge >= 0.3 is 0 Å². The highest BCUT2D eigenvalue weighted by Crippen LogP contribution is 2.26. The second kappa shape index (κ2) is 9.26. The van der Waals surface area contributed by atoms with Gasteiger partial charge in [0.05, 0.1) is 13.7 Å². The van der Waals surface area contributed by atoms with Crippen LogP contribution < -0.4 is 20.5 Å². The molecule has 1 heterocycles. The van der Waals surface area contributed by atoms with Crippen molar-refractivity contribution in [1.82, 2.24) is 4.98 Å². The molecule has 0 saturated heterocycles. The largest absolute Gasteiger partial charge is 0.497 e. The predicted molar refractivity (Wildman–Crippen MR) is 108 cm³/mol. The van der Waals surface area contributed by atoms with Crippen molar-refractivity contribution in [1.29, 1.82) is 0 Å². The van der Waals surface area contributed by atoms with Crippen LogP contribution in [0.1, 0.15) is 38.2 Å². The lowest BCUT2D eigenvalue weighted by molar-refractivity contribution is 0.130. The van der Waals surface area contributed by atoms with Gasteiger partial charge in [0.2, 0.25) is 5.88 Å². The number of guanidine groups is 1. The number of rotatable bonds is 6. The van der Waals surface area contributed by atoms with Crippen LogP contribution in [0, 0.1) is 5.92 Å². The van der Waals surface area contributed by atoms with E-state index in [0.29, 0.717) is 18.4 Å². The maximum Gasteiger partial charge on any atom is 0.213 e. The van der Waals surface area contributed by atoms with E-state index in [-0.39, 0.29) is 6.10 Å². The summed E-state index contributed by atoms with van der Waals surface area (Å²) < 4.78 is 11.2. The van der Waals surface area contributed by atoms with Crippen LogP contribution in [0.5, 0.6) is 11.6 Å². The lowest BCUT2D eigenvalue weighted by atomic mass is 9.89. The summed E-state index contributed by atoms with van der Waals surface area (Å²) in [6, 6.07) is 11.4. The Morgan fingerprint density at radius 2 is 1.93 bits per heavy atom. The van der Waals surface area contributed by atoms with Crippen LogP contribution in [-0.2, 0) is 6.54 Å². The van der Waals surface area contributed by atoms with Crippen molar-refractivity contribution in [2.45, 2.75) is 45.3 Å². The van der Waals surface area contributed by atoms with E-state index < -0.39 is 0 Å². The standard InChI is InChI=1S/C21H28N4O2/c1-15-3-7-19(8-4-15)27-20-13-16(11-12-23-20)14-24-21(22)25-17-5-9-18(26-2)10-6-17/h5-6,9-13,15,19H,3-4,7-8,14H2,1-2H3,(H3,22,24,25). The number of hydrogen-bond acceptors (Lipinski definition) is 4. The Labute approximate surface area is 160 Å². The lowest BCUT2D eigenvalue weighted by Gasteiger charge is -2.26. The summed E-state index contributed by atoms with van der Waals surface area (Å²) in [7, 11) is 1.64. The fourth-order valence-electron chi connectivity index (χ4n) is 3.17. The van der Waals surface area contributed by atoms with E-state index in [1.807, 2.05) is 36.4 Å². The molecule has 1 aromatic heterocycles. The number of aliphatic imine (C=N–C) groups is 1. The zero-order valence-electron chi connectivity index (χ0n) is 16.0. The van der Waals surface area contributed by atoms with Gasteiger partial charge < -0.3 is 20.5 Å². The highest BCUT2D eigenvalue weighted by molar-refractivity contribution is 5.92. The Morgan fingerprint density at radius 1 is 1.19 bits per heavy atom. The molecule has 1 aromatic carbocycles. The molecule has 144 valence electrons. The highest BCUT2D eigenvalue weighted by atomic mass is 16.5. The molecule has 1 fully saturated rings. The monoisotopic (exact) mass is 368 g/mol. The summed E-state index contributed by atoms with van der Waals surface area (Å²) in [5.41, 5.74) is 7.87. The molecule has 3 rings (SSSR count). The van der Waals surface area contributed by atoms with Gasteiger partial charge in [-0.1, -0.05) is 6.92 Å². The van der Waals surface area contributed by atoms with Gasteiger partial charge in [-0.05, 0) is 67.5 Å². The molecule has 1 saturated carbocycles. The molecule has 0 radical (unpaired) electrons. The summed E-state index contributed by atoms with van der Waals surface area (Å²) in [4.78, 5) is 8.73.